The van der Waals surface area contributed by atoms with E-state index in [-0.39, 0.29) is 18.9 Å². The van der Waals surface area contributed by atoms with Crippen LogP contribution in [-0.4, -0.2) is 56.0 Å². The number of ether oxygens (including phenoxy) is 2. The zero-order valence-corrected chi connectivity index (χ0v) is 11.1. The first-order chi connectivity index (χ1) is 9.01. The Kier molecular flexibility index (Phi) is 9.15. The first-order valence-corrected chi connectivity index (χ1v) is 5.94. The summed E-state index contributed by atoms with van der Waals surface area (Å²) in [6, 6.07) is -0.507. The number of esters is 1. The Labute approximate surface area is 111 Å². The lowest BCUT2D eigenvalue weighted by atomic mass is 10.3. The summed E-state index contributed by atoms with van der Waals surface area (Å²) in [7, 11) is 1.25. The molecule has 0 aliphatic heterocycles. The van der Waals surface area contributed by atoms with Gasteiger partial charge in [0.05, 0.1) is 13.2 Å². The van der Waals surface area contributed by atoms with E-state index in [1.165, 1.54) is 7.11 Å². The van der Waals surface area contributed by atoms with Crippen LogP contribution in [0.4, 0.5) is 4.79 Å². The zero-order chi connectivity index (χ0) is 14.7. The van der Waals surface area contributed by atoms with Crippen LogP contribution < -0.4 is 10.6 Å². The van der Waals surface area contributed by atoms with Gasteiger partial charge < -0.3 is 25.2 Å². The maximum absolute atomic E-state index is 11.3. The Balaban J connectivity index is 3.65. The van der Waals surface area contributed by atoms with Crippen LogP contribution in [0.1, 0.15) is 19.8 Å². The van der Waals surface area contributed by atoms with E-state index in [1.807, 2.05) is 0 Å². The largest absolute Gasteiger partial charge is 0.479 e. The Morgan fingerprint density at radius 3 is 2.47 bits per heavy atom. The molecule has 0 saturated heterocycles. The highest BCUT2D eigenvalue weighted by molar-refractivity contribution is 5.76. The smallest absolute Gasteiger partial charge is 0.334 e. The zero-order valence-electron chi connectivity index (χ0n) is 11.1. The molecule has 3 N–H and O–H groups in total. The van der Waals surface area contributed by atoms with Crippen molar-refractivity contribution < 1.29 is 29.0 Å². The van der Waals surface area contributed by atoms with E-state index in [4.69, 9.17) is 9.84 Å². The summed E-state index contributed by atoms with van der Waals surface area (Å²) >= 11 is 0. The topological polar surface area (TPSA) is 114 Å². The minimum atomic E-state index is -1.15. The molecule has 0 aliphatic carbocycles. The monoisotopic (exact) mass is 276 g/mol. The average molecular weight is 276 g/mol. The van der Waals surface area contributed by atoms with Crippen molar-refractivity contribution in [3.63, 3.8) is 0 Å². The average Bonchev–Trinajstić information content (AvgIpc) is 2.35. The molecule has 0 rings (SSSR count). The third-order valence-electron chi connectivity index (χ3n) is 2.16. The second kappa shape index (κ2) is 10.1. The fourth-order valence-corrected chi connectivity index (χ4v) is 1.19. The normalized spacial score (nSPS) is 11.5. The van der Waals surface area contributed by atoms with Gasteiger partial charge in [-0.25, -0.2) is 9.59 Å². The van der Waals surface area contributed by atoms with E-state index >= 15 is 0 Å². The fourth-order valence-electron chi connectivity index (χ4n) is 1.19. The predicted octanol–water partition coefficient (Wildman–Crippen LogP) is -0.271. The number of carbonyl (C=O) groups excluding carboxylic acids is 2. The molecule has 0 aromatic heterocycles. The quantitative estimate of drug-likeness (QED) is 0.394. The second-order valence-corrected chi connectivity index (χ2v) is 3.61. The molecule has 110 valence electrons. The van der Waals surface area contributed by atoms with Crippen molar-refractivity contribution in [1.29, 1.82) is 0 Å². The molecular formula is C11H20N2O6. The third kappa shape index (κ3) is 8.83. The highest BCUT2D eigenvalue weighted by Gasteiger charge is 2.16. The standard InChI is InChI=1S/C11H20N2O6/c1-3-19-9(14)5-4-6-12-11(17)13-7-8(18-2)10(15)16/h8H,3-7H2,1-2H3,(H,15,16)(H2,12,13,17). The molecule has 0 bridgehead atoms. The molecule has 8 heteroatoms. The second-order valence-electron chi connectivity index (χ2n) is 3.61. The van der Waals surface area contributed by atoms with Crippen LogP contribution in [0.15, 0.2) is 0 Å². The lowest BCUT2D eigenvalue weighted by Crippen LogP contribution is -2.43. The summed E-state index contributed by atoms with van der Waals surface area (Å²) in [5.74, 6) is -1.46. The summed E-state index contributed by atoms with van der Waals surface area (Å²) in [6.07, 6.45) is -0.395. The summed E-state index contributed by atoms with van der Waals surface area (Å²) in [4.78, 5) is 32.8. The first kappa shape index (κ1) is 17.2. The molecule has 0 aromatic carbocycles. The summed E-state index contributed by atoms with van der Waals surface area (Å²) in [6.45, 7) is 2.23. The van der Waals surface area contributed by atoms with Crippen LogP contribution in [-0.2, 0) is 19.1 Å². The number of urea groups is 1. The van der Waals surface area contributed by atoms with E-state index in [0.29, 0.717) is 19.6 Å². The highest BCUT2D eigenvalue weighted by Crippen LogP contribution is 1.91. The SMILES string of the molecule is CCOC(=O)CCCNC(=O)NCC(OC)C(=O)O. The van der Waals surface area contributed by atoms with Crippen LogP contribution in [0.3, 0.4) is 0 Å². The van der Waals surface area contributed by atoms with Crippen LogP contribution >= 0.6 is 0 Å². The van der Waals surface area contributed by atoms with Gasteiger partial charge in [-0.2, -0.15) is 0 Å². The number of hydrogen-bond acceptors (Lipinski definition) is 5. The number of carbonyl (C=O) groups is 3. The van der Waals surface area contributed by atoms with Gasteiger partial charge in [-0.3, -0.25) is 4.79 Å². The molecule has 0 heterocycles. The van der Waals surface area contributed by atoms with Gasteiger partial charge in [0.15, 0.2) is 6.10 Å². The molecule has 1 unspecified atom stereocenters. The number of hydrogen-bond donors (Lipinski definition) is 3. The Morgan fingerprint density at radius 2 is 1.95 bits per heavy atom. The van der Waals surface area contributed by atoms with Gasteiger partial charge in [0.2, 0.25) is 0 Å². The molecule has 0 saturated carbocycles. The lowest BCUT2D eigenvalue weighted by Gasteiger charge is -2.12. The van der Waals surface area contributed by atoms with E-state index in [2.05, 4.69) is 15.4 Å². The molecule has 19 heavy (non-hydrogen) atoms. The van der Waals surface area contributed by atoms with Crippen molar-refractivity contribution in [1.82, 2.24) is 10.6 Å². The van der Waals surface area contributed by atoms with Crippen LogP contribution in [0.25, 0.3) is 0 Å². The van der Waals surface area contributed by atoms with Crippen molar-refractivity contribution in [3.8, 4) is 0 Å². The number of carboxylic acids is 1. The number of rotatable bonds is 9. The van der Waals surface area contributed by atoms with Crippen molar-refractivity contribution in [2.75, 3.05) is 26.8 Å². The van der Waals surface area contributed by atoms with Crippen molar-refractivity contribution >= 4 is 18.0 Å². The van der Waals surface area contributed by atoms with Crippen LogP contribution in [0.2, 0.25) is 0 Å². The number of amides is 2. The Morgan fingerprint density at radius 1 is 1.26 bits per heavy atom. The van der Waals surface area contributed by atoms with Crippen LogP contribution in [0.5, 0.6) is 0 Å². The number of aliphatic carboxylic acids is 1. The van der Waals surface area contributed by atoms with Gasteiger partial charge in [0, 0.05) is 20.1 Å². The minimum Gasteiger partial charge on any atom is -0.479 e. The first-order valence-electron chi connectivity index (χ1n) is 5.94. The van der Waals surface area contributed by atoms with E-state index in [9.17, 15) is 14.4 Å². The van der Waals surface area contributed by atoms with Gasteiger partial charge in [-0.05, 0) is 13.3 Å². The molecule has 0 radical (unpaired) electrons. The van der Waals surface area contributed by atoms with Gasteiger partial charge in [-0.1, -0.05) is 0 Å². The van der Waals surface area contributed by atoms with Crippen LogP contribution in [0, 0.1) is 0 Å². The predicted molar refractivity (Wildman–Crippen MR) is 65.7 cm³/mol. The van der Waals surface area contributed by atoms with Gasteiger partial charge in [-0.15, -0.1) is 0 Å². The summed E-state index contributed by atoms with van der Waals surface area (Å²) in [5.41, 5.74) is 0. The van der Waals surface area contributed by atoms with Gasteiger partial charge in [0.25, 0.3) is 0 Å². The van der Waals surface area contributed by atoms with E-state index in [0.717, 1.165) is 0 Å². The minimum absolute atomic E-state index is 0.129. The summed E-state index contributed by atoms with van der Waals surface area (Å²) < 4.78 is 9.36. The Bertz CT molecular complexity index is 308. The number of nitrogens with one attached hydrogen (secondary N) is 2. The fraction of sp³-hybridized carbons (Fsp3) is 0.727. The lowest BCUT2D eigenvalue weighted by molar-refractivity contribution is -0.148. The number of methoxy groups -OCH3 is 1. The highest BCUT2D eigenvalue weighted by atomic mass is 16.5. The van der Waals surface area contributed by atoms with Crippen molar-refractivity contribution in [3.05, 3.63) is 0 Å². The molecule has 2 amide bonds. The Hall–Kier alpha value is -1.83. The molecule has 0 fully saturated rings. The molecular weight excluding hydrogens is 256 g/mol. The van der Waals surface area contributed by atoms with Gasteiger partial charge >= 0.3 is 18.0 Å². The maximum Gasteiger partial charge on any atom is 0.334 e. The molecule has 8 nitrogen and oxygen atoms in total. The molecule has 0 aliphatic rings. The molecule has 1 atom stereocenters. The molecule has 0 aromatic rings. The van der Waals surface area contributed by atoms with Gasteiger partial charge in [0.1, 0.15) is 0 Å². The van der Waals surface area contributed by atoms with Crippen molar-refractivity contribution in [2.45, 2.75) is 25.9 Å². The van der Waals surface area contributed by atoms with E-state index < -0.39 is 18.1 Å². The summed E-state index contributed by atoms with van der Waals surface area (Å²) in [5, 5.41) is 13.5. The number of carboxylic acid groups (broad SMARTS) is 1. The third-order valence-corrected chi connectivity index (χ3v) is 2.16. The maximum atomic E-state index is 11.3. The van der Waals surface area contributed by atoms with E-state index in [1.54, 1.807) is 6.92 Å². The van der Waals surface area contributed by atoms with Crippen molar-refractivity contribution in [2.24, 2.45) is 0 Å². The molecule has 0 spiro atoms.